The van der Waals surface area contributed by atoms with Crippen molar-refractivity contribution in [1.29, 1.82) is 0 Å². The van der Waals surface area contributed by atoms with Crippen LogP contribution in [0, 0.1) is 28.6 Å². The number of nitrogens with one attached hydrogen (secondary N) is 2. The zero-order chi connectivity index (χ0) is 21.1. The largest absolute Gasteiger partial charge is 0.396 e. The minimum Gasteiger partial charge on any atom is -0.396 e. The van der Waals surface area contributed by atoms with E-state index in [1.807, 2.05) is 19.3 Å². The van der Waals surface area contributed by atoms with Crippen LogP contribution in [0.15, 0.2) is 30.5 Å². The quantitative estimate of drug-likeness (QED) is 0.554. The number of H-pyrrole nitrogens is 1. The fraction of sp³-hybridized carbons (Fsp3) is 0.760. The molecular formula is C25H42N2O2. The minimum absolute atomic E-state index is 0.199. The highest BCUT2D eigenvalue weighted by atomic mass is 16.3. The first-order chi connectivity index (χ1) is 13.8. The maximum Gasteiger partial charge on any atom is 0.0544 e. The Kier molecular flexibility index (Phi) is 7.29. The maximum atomic E-state index is 9.94. The van der Waals surface area contributed by atoms with Gasteiger partial charge in [0, 0.05) is 25.0 Å². The minimum atomic E-state index is -0.199. The Labute approximate surface area is 177 Å². The average molecular weight is 403 g/mol. The summed E-state index contributed by atoms with van der Waals surface area (Å²) in [6, 6.07) is 4.04. The van der Waals surface area contributed by atoms with Gasteiger partial charge < -0.3 is 20.5 Å². The van der Waals surface area contributed by atoms with E-state index in [0.717, 1.165) is 31.7 Å². The van der Waals surface area contributed by atoms with Crippen molar-refractivity contribution in [1.82, 2.24) is 10.3 Å². The third kappa shape index (κ3) is 4.65. The summed E-state index contributed by atoms with van der Waals surface area (Å²) in [6.45, 7) is 10.3. The van der Waals surface area contributed by atoms with Crippen LogP contribution >= 0.6 is 0 Å². The van der Waals surface area contributed by atoms with E-state index in [2.05, 4.69) is 36.8 Å². The molecule has 1 aromatic heterocycles. The average Bonchev–Trinajstić information content (AvgIpc) is 3.32. The topological polar surface area (TPSA) is 68.3 Å². The highest BCUT2D eigenvalue weighted by molar-refractivity contribution is 5.19. The number of aromatic nitrogens is 1. The van der Waals surface area contributed by atoms with Crippen LogP contribution in [0.3, 0.4) is 0 Å². The van der Waals surface area contributed by atoms with Gasteiger partial charge in [0.2, 0.25) is 0 Å². The van der Waals surface area contributed by atoms with Crippen LogP contribution in [0.2, 0.25) is 0 Å². The number of aromatic amines is 1. The Morgan fingerprint density at radius 3 is 2.62 bits per heavy atom. The van der Waals surface area contributed by atoms with Gasteiger partial charge in [0.25, 0.3) is 0 Å². The van der Waals surface area contributed by atoms with Gasteiger partial charge >= 0.3 is 0 Å². The lowest BCUT2D eigenvalue weighted by atomic mass is 9.53. The SMILES string of the molecule is C=C1CCC2CC(C3(C)CCC(O)CC3CO)CCC12C.CNCc1ccc[nH]1. The summed E-state index contributed by atoms with van der Waals surface area (Å²) in [7, 11) is 1.93. The zero-order valence-electron chi connectivity index (χ0n) is 18.7. The van der Waals surface area contributed by atoms with Gasteiger partial charge in [-0.15, -0.1) is 0 Å². The molecule has 164 valence electrons. The number of hydrogen-bond acceptors (Lipinski definition) is 3. The second-order valence-corrected chi connectivity index (χ2v) is 10.3. The molecule has 0 bridgehead atoms. The second-order valence-electron chi connectivity index (χ2n) is 10.3. The lowest BCUT2D eigenvalue weighted by Gasteiger charge is -2.52. The molecule has 0 spiro atoms. The summed E-state index contributed by atoms with van der Waals surface area (Å²) in [5, 5.41) is 22.8. The third-order valence-corrected chi connectivity index (χ3v) is 8.77. The summed E-state index contributed by atoms with van der Waals surface area (Å²) < 4.78 is 0. The predicted molar refractivity (Wildman–Crippen MR) is 119 cm³/mol. The van der Waals surface area contributed by atoms with Crippen LogP contribution in [0.1, 0.15) is 70.9 Å². The summed E-state index contributed by atoms with van der Waals surface area (Å²) in [4.78, 5) is 3.08. The Morgan fingerprint density at radius 2 is 1.97 bits per heavy atom. The van der Waals surface area contributed by atoms with Crippen molar-refractivity contribution in [2.45, 2.75) is 77.9 Å². The number of fused-ring (bicyclic) bond motifs is 1. The van der Waals surface area contributed by atoms with E-state index in [9.17, 15) is 10.2 Å². The van der Waals surface area contributed by atoms with E-state index in [-0.39, 0.29) is 24.0 Å². The van der Waals surface area contributed by atoms with Crippen molar-refractivity contribution in [3.8, 4) is 0 Å². The molecule has 29 heavy (non-hydrogen) atoms. The van der Waals surface area contributed by atoms with Crippen LogP contribution in [0.25, 0.3) is 0 Å². The lowest BCUT2D eigenvalue weighted by Crippen LogP contribution is -2.46. The lowest BCUT2D eigenvalue weighted by molar-refractivity contribution is -0.0661. The normalized spacial score (nSPS) is 39.6. The second kappa shape index (κ2) is 9.36. The molecular weight excluding hydrogens is 360 g/mol. The van der Waals surface area contributed by atoms with Gasteiger partial charge in [0.1, 0.15) is 0 Å². The van der Waals surface area contributed by atoms with Gasteiger partial charge in [0.15, 0.2) is 0 Å². The Balaban J connectivity index is 0.000000252. The molecule has 3 saturated carbocycles. The van der Waals surface area contributed by atoms with Gasteiger partial charge in [-0.2, -0.15) is 0 Å². The zero-order valence-corrected chi connectivity index (χ0v) is 18.7. The van der Waals surface area contributed by atoms with E-state index in [1.54, 1.807) is 0 Å². The van der Waals surface area contributed by atoms with Crippen molar-refractivity contribution in [3.05, 3.63) is 36.2 Å². The number of hydrogen-bond donors (Lipinski definition) is 4. The Bertz CT molecular complexity index is 658. The van der Waals surface area contributed by atoms with Gasteiger partial charge in [-0.25, -0.2) is 0 Å². The van der Waals surface area contributed by atoms with Crippen LogP contribution in [0.5, 0.6) is 0 Å². The smallest absolute Gasteiger partial charge is 0.0544 e. The van der Waals surface area contributed by atoms with Crippen molar-refractivity contribution in [3.63, 3.8) is 0 Å². The number of aliphatic hydroxyl groups is 2. The van der Waals surface area contributed by atoms with Crippen molar-refractivity contribution in [2.24, 2.45) is 28.6 Å². The number of rotatable bonds is 4. The molecule has 3 fully saturated rings. The molecule has 0 saturated heterocycles. The van der Waals surface area contributed by atoms with Gasteiger partial charge in [-0.05, 0) is 99.1 Å². The van der Waals surface area contributed by atoms with E-state index in [4.69, 9.17) is 0 Å². The number of aliphatic hydroxyl groups excluding tert-OH is 2. The molecule has 1 heterocycles. The van der Waals surface area contributed by atoms with E-state index in [0.29, 0.717) is 11.3 Å². The van der Waals surface area contributed by atoms with Crippen molar-refractivity contribution >= 4 is 0 Å². The molecule has 3 aliphatic carbocycles. The van der Waals surface area contributed by atoms with Crippen molar-refractivity contribution < 1.29 is 10.2 Å². The maximum absolute atomic E-state index is 9.94. The highest BCUT2D eigenvalue weighted by Gasteiger charge is 2.51. The molecule has 4 N–H and O–H groups in total. The first-order valence-electron chi connectivity index (χ1n) is 11.6. The highest BCUT2D eigenvalue weighted by Crippen LogP contribution is 2.61. The summed E-state index contributed by atoms with van der Waals surface area (Å²) >= 11 is 0. The standard InChI is InChI=1S/C19H32O2.C6H10N2/c1-13-4-5-14-10-15(6-8-18(13,14)2)19(3)9-7-17(21)11-16(19)12-20;1-7-5-6-3-2-4-8-6/h14-17,20-21H,1,4-12H2,2-3H3;2-4,7-8H,5H2,1H3. The predicted octanol–water partition coefficient (Wildman–Crippen LogP) is 4.65. The summed E-state index contributed by atoms with van der Waals surface area (Å²) in [6.07, 6.45) is 10.9. The molecule has 6 atom stereocenters. The molecule has 4 nitrogen and oxygen atoms in total. The molecule has 4 rings (SSSR count). The molecule has 3 aliphatic rings. The molecule has 6 unspecified atom stereocenters. The van der Waals surface area contributed by atoms with E-state index < -0.39 is 0 Å². The third-order valence-electron chi connectivity index (χ3n) is 8.77. The Hall–Kier alpha value is -1.10. The Morgan fingerprint density at radius 1 is 1.17 bits per heavy atom. The molecule has 4 heteroatoms. The molecule has 0 aromatic carbocycles. The molecule has 0 amide bonds. The van der Waals surface area contributed by atoms with Gasteiger partial charge in [-0.3, -0.25) is 0 Å². The molecule has 0 aliphatic heterocycles. The van der Waals surface area contributed by atoms with Gasteiger partial charge in [-0.1, -0.05) is 26.0 Å². The fourth-order valence-electron chi connectivity index (χ4n) is 6.42. The van der Waals surface area contributed by atoms with E-state index in [1.165, 1.54) is 43.4 Å². The first-order valence-corrected chi connectivity index (χ1v) is 11.6. The summed E-state index contributed by atoms with van der Waals surface area (Å²) in [5.41, 5.74) is 3.32. The van der Waals surface area contributed by atoms with Gasteiger partial charge in [0.05, 0.1) is 6.10 Å². The van der Waals surface area contributed by atoms with Crippen LogP contribution in [-0.4, -0.2) is 35.0 Å². The van der Waals surface area contributed by atoms with Crippen molar-refractivity contribution in [2.75, 3.05) is 13.7 Å². The molecule has 1 aromatic rings. The number of allylic oxidation sites excluding steroid dienone is 1. The van der Waals surface area contributed by atoms with E-state index >= 15 is 0 Å². The first kappa shape index (κ1) is 22.6. The summed E-state index contributed by atoms with van der Waals surface area (Å²) in [5.74, 6) is 1.79. The van der Waals surface area contributed by atoms with Crippen LogP contribution in [0.4, 0.5) is 0 Å². The molecule has 0 radical (unpaired) electrons. The van der Waals surface area contributed by atoms with Crippen LogP contribution < -0.4 is 5.32 Å². The van der Waals surface area contributed by atoms with Crippen LogP contribution in [-0.2, 0) is 6.54 Å². The monoisotopic (exact) mass is 402 g/mol. The fourth-order valence-corrected chi connectivity index (χ4v) is 6.42.